The standard InChI is InChI=1S/C30H32ClN7O3/c1-20(2)14-26(39)36-10-5-11-37(13-12-36)30-34-28(32-16-21-8-9-24-25(15-21)41-19-40-24)27-29(35-30)38(18-33-27)17-22-6-3-4-7-23(22)31/h3-4,6-9,14-15,18H,5,10-13,16-17,19H2,1-2H3,(H,32,34,35). The monoisotopic (exact) mass is 573 g/mol. The second-order valence-corrected chi connectivity index (χ2v) is 10.8. The topological polar surface area (TPSA) is 97.6 Å². The second-order valence-electron chi connectivity index (χ2n) is 10.4. The number of amides is 1. The van der Waals surface area contributed by atoms with E-state index in [4.69, 9.17) is 36.0 Å². The molecule has 0 bridgehead atoms. The van der Waals surface area contributed by atoms with Gasteiger partial charge in [0.1, 0.15) is 0 Å². The molecule has 11 heteroatoms. The lowest BCUT2D eigenvalue weighted by Gasteiger charge is -2.22. The minimum Gasteiger partial charge on any atom is -0.454 e. The summed E-state index contributed by atoms with van der Waals surface area (Å²) >= 11 is 6.48. The first-order chi connectivity index (χ1) is 19.9. The minimum absolute atomic E-state index is 0.0483. The van der Waals surface area contributed by atoms with Crippen molar-refractivity contribution in [3.63, 3.8) is 0 Å². The number of allylic oxidation sites excluding steroid dienone is 1. The molecular formula is C30H32ClN7O3. The Balaban J connectivity index is 1.31. The van der Waals surface area contributed by atoms with Crippen LogP contribution in [0.4, 0.5) is 11.8 Å². The molecule has 6 rings (SSSR count). The van der Waals surface area contributed by atoms with E-state index in [-0.39, 0.29) is 12.7 Å². The van der Waals surface area contributed by atoms with Crippen molar-refractivity contribution in [3.8, 4) is 11.5 Å². The number of halogens is 1. The van der Waals surface area contributed by atoms with E-state index in [1.165, 1.54) is 0 Å². The van der Waals surface area contributed by atoms with E-state index < -0.39 is 0 Å². The van der Waals surface area contributed by atoms with Crippen LogP contribution in [0.3, 0.4) is 0 Å². The van der Waals surface area contributed by atoms with Crippen LogP contribution in [0.15, 0.2) is 60.4 Å². The summed E-state index contributed by atoms with van der Waals surface area (Å²) in [5, 5.41) is 4.17. The van der Waals surface area contributed by atoms with Gasteiger partial charge in [0.25, 0.3) is 0 Å². The van der Waals surface area contributed by atoms with E-state index in [1.807, 2.05) is 65.8 Å². The molecule has 212 valence electrons. The summed E-state index contributed by atoms with van der Waals surface area (Å²) in [4.78, 5) is 31.3. The fourth-order valence-electron chi connectivity index (χ4n) is 5.04. The van der Waals surface area contributed by atoms with E-state index in [9.17, 15) is 4.79 Å². The average Bonchev–Trinajstić information content (AvgIpc) is 3.51. The number of nitrogens with zero attached hydrogens (tertiary/aromatic N) is 6. The third-order valence-electron chi connectivity index (χ3n) is 7.15. The highest BCUT2D eigenvalue weighted by atomic mass is 35.5. The smallest absolute Gasteiger partial charge is 0.246 e. The number of ether oxygens (including phenoxy) is 2. The Hall–Kier alpha value is -4.31. The summed E-state index contributed by atoms with van der Waals surface area (Å²) in [6.07, 6.45) is 4.30. The number of carbonyl (C=O) groups excluding carboxylic acids is 1. The number of fused-ring (bicyclic) bond motifs is 2. The van der Waals surface area contributed by atoms with Crippen molar-refractivity contribution in [2.24, 2.45) is 0 Å². The van der Waals surface area contributed by atoms with Crippen LogP contribution in [0.25, 0.3) is 11.2 Å². The van der Waals surface area contributed by atoms with Crippen molar-refractivity contribution >= 4 is 40.4 Å². The van der Waals surface area contributed by atoms with E-state index in [1.54, 1.807) is 12.4 Å². The van der Waals surface area contributed by atoms with Gasteiger partial charge in [-0.2, -0.15) is 9.97 Å². The summed E-state index contributed by atoms with van der Waals surface area (Å²) < 4.78 is 13.0. The number of aromatic nitrogens is 4. The van der Waals surface area contributed by atoms with Crippen molar-refractivity contribution in [1.82, 2.24) is 24.4 Å². The van der Waals surface area contributed by atoms with E-state index in [0.29, 0.717) is 60.7 Å². The van der Waals surface area contributed by atoms with Crippen LogP contribution in [0.2, 0.25) is 5.02 Å². The number of rotatable bonds is 7. The number of hydrogen-bond acceptors (Lipinski definition) is 8. The molecule has 0 unspecified atom stereocenters. The minimum atomic E-state index is 0.0483. The van der Waals surface area contributed by atoms with Gasteiger partial charge < -0.3 is 29.2 Å². The van der Waals surface area contributed by atoms with Gasteiger partial charge in [0, 0.05) is 43.8 Å². The molecule has 10 nitrogen and oxygen atoms in total. The number of nitrogens with one attached hydrogen (secondary N) is 1. The molecule has 1 fully saturated rings. The molecule has 4 aromatic rings. The molecule has 0 radical (unpaired) electrons. The molecule has 4 heterocycles. The molecular weight excluding hydrogens is 542 g/mol. The molecule has 0 atom stereocenters. The van der Waals surface area contributed by atoms with Gasteiger partial charge in [0.05, 0.1) is 12.9 Å². The van der Waals surface area contributed by atoms with Crippen LogP contribution in [-0.4, -0.2) is 63.3 Å². The number of hydrogen-bond donors (Lipinski definition) is 1. The Bertz CT molecular complexity index is 1620. The number of imidazole rings is 1. The molecule has 41 heavy (non-hydrogen) atoms. The maximum Gasteiger partial charge on any atom is 0.246 e. The first-order valence-corrected chi connectivity index (χ1v) is 14.1. The van der Waals surface area contributed by atoms with E-state index in [2.05, 4.69) is 10.2 Å². The summed E-state index contributed by atoms with van der Waals surface area (Å²) in [6, 6.07) is 13.7. The number of anilines is 2. The van der Waals surface area contributed by atoms with Gasteiger partial charge in [0.2, 0.25) is 18.6 Å². The third-order valence-corrected chi connectivity index (χ3v) is 7.52. The van der Waals surface area contributed by atoms with Crippen molar-refractivity contribution < 1.29 is 14.3 Å². The normalized spacial score (nSPS) is 14.7. The zero-order valence-corrected chi connectivity index (χ0v) is 23.9. The van der Waals surface area contributed by atoms with Crippen molar-refractivity contribution in [2.75, 3.05) is 43.2 Å². The van der Waals surface area contributed by atoms with Gasteiger partial charge in [-0.25, -0.2) is 4.98 Å². The van der Waals surface area contributed by atoms with Crippen LogP contribution in [-0.2, 0) is 17.9 Å². The van der Waals surface area contributed by atoms with Gasteiger partial charge in [-0.15, -0.1) is 0 Å². The lowest BCUT2D eigenvalue weighted by Crippen LogP contribution is -2.34. The van der Waals surface area contributed by atoms with Gasteiger partial charge in [0.15, 0.2) is 28.5 Å². The lowest BCUT2D eigenvalue weighted by atomic mass is 10.2. The zero-order valence-electron chi connectivity index (χ0n) is 23.1. The quantitative estimate of drug-likeness (QED) is 0.313. The molecule has 1 N–H and O–H groups in total. The fraction of sp³-hybridized carbons (Fsp3) is 0.333. The Labute approximate surface area is 243 Å². The summed E-state index contributed by atoms with van der Waals surface area (Å²) in [6.45, 7) is 7.83. The third kappa shape index (κ3) is 5.92. The predicted octanol–water partition coefficient (Wildman–Crippen LogP) is 4.87. The van der Waals surface area contributed by atoms with Gasteiger partial charge in [-0.3, -0.25) is 4.79 Å². The molecule has 2 aromatic carbocycles. The van der Waals surface area contributed by atoms with Crippen LogP contribution < -0.4 is 19.7 Å². The second kappa shape index (κ2) is 11.7. The number of benzene rings is 2. The number of carbonyl (C=O) groups is 1. The highest BCUT2D eigenvalue weighted by Crippen LogP contribution is 2.33. The molecule has 0 aliphatic carbocycles. The first-order valence-electron chi connectivity index (χ1n) is 13.7. The van der Waals surface area contributed by atoms with Crippen molar-refractivity contribution in [2.45, 2.75) is 33.4 Å². The Kier molecular flexibility index (Phi) is 7.65. The van der Waals surface area contributed by atoms with Gasteiger partial charge >= 0.3 is 0 Å². The van der Waals surface area contributed by atoms with Gasteiger partial charge in [-0.05, 0) is 49.6 Å². The van der Waals surface area contributed by atoms with E-state index in [0.717, 1.165) is 41.2 Å². The summed E-state index contributed by atoms with van der Waals surface area (Å²) in [5.74, 6) is 2.77. The molecule has 2 aliphatic rings. The van der Waals surface area contributed by atoms with Crippen LogP contribution in [0.1, 0.15) is 31.4 Å². The van der Waals surface area contributed by atoms with Crippen LogP contribution >= 0.6 is 11.6 Å². The molecule has 1 amide bonds. The lowest BCUT2D eigenvalue weighted by molar-refractivity contribution is -0.125. The summed E-state index contributed by atoms with van der Waals surface area (Å²) in [5.41, 5.74) is 4.39. The Morgan fingerprint density at radius 2 is 1.90 bits per heavy atom. The molecule has 0 saturated carbocycles. The highest BCUT2D eigenvalue weighted by molar-refractivity contribution is 6.31. The average molecular weight is 574 g/mol. The fourth-order valence-corrected chi connectivity index (χ4v) is 5.23. The summed E-state index contributed by atoms with van der Waals surface area (Å²) in [7, 11) is 0. The Morgan fingerprint density at radius 3 is 2.76 bits per heavy atom. The van der Waals surface area contributed by atoms with E-state index >= 15 is 0 Å². The van der Waals surface area contributed by atoms with Crippen LogP contribution in [0, 0.1) is 0 Å². The SMILES string of the molecule is CC(C)=CC(=O)N1CCCN(c2nc(NCc3ccc4c(c3)OCO4)c3ncn(Cc4ccccc4Cl)c3n2)CC1. The Morgan fingerprint density at radius 1 is 1.05 bits per heavy atom. The van der Waals surface area contributed by atoms with Crippen molar-refractivity contribution in [3.05, 3.63) is 76.6 Å². The largest absolute Gasteiger partial charge is 0.454 e. The predicted molar refractivity (Wildman–Crippen MR) is 159 cm³/mol. The van der Waals surface area contributed by atoms with Crippen LogP contribution in [0.5, 0.6) is 11.5 Å². The molecule has 1 saturated heterocycles. The maximum absolute atomic E-state index is 12.7. The maximum atomic E-state index is 12.7. The molecule has 0 spiro atoms. The molecule has 2 aromatic heterocycles. The zero-order chi connectivity index (χ0) is 28.3. The highest BCUT2D eigenvalue weighted by Gasteiger charge is 2.23. The van der Waals surface area contributed by atoms with Crippen molar-refractivity contribution in [1.29, 1.82) is 0 Å². The van der Waals surface area contributed by atoms with Gasteiger partial charge in [-0.1, -0.05) is 41.4 Å². The first kappa shape index (κ1) is 26.9. The molecule has 2 aliphatic heterocycles.